The number of imidazole rings is 1. The third-order valence-corrected chi connectivity index (χ3v) is 3.63. The Balaban J connectivity index is 1.48. The topological polar surface area (TPSA) is 96.1 Å². The number of H-pyrrole nitrogens is 1. The quantitative estimate of drug-likeness (QED) is 0.614. The Bertz CT molecular complexity index is 854. The van der Waals surface area contributed by atoms with Crippen LogP contribution in [0.1, 0.15) is 11.4 Å². The lowest BCUT2D eigenvalue weighted by molar-refractivity contribution is -0.128. The first-order valence-electron chi connectivity index (χ1n) is 7.78. The van der Waals surface area contributed by atoms with Crippen LogP contribution in [0, 0.1) is 0 Å². The highest BCUT2D eigenvalue weighted by atomic mass is 16.5. The van der Waals surface area contributed by atoms with Gasteiger partial charge in [-0.15, -0.1) is 0 Å². The van der Waals surface area contributed by atoms with E-state index in [4.69, 9.17) is 4.74 Å². The molecule has 0 aliphatic rings. The highest BCUT2D eigenvalue weighted by molar-refractivity contribution is 5.84. The molecule has 0 saturated heterocycles. The molecule has 7 nitrogen and oxygen atoms in total. The van der Waals surface area contributed by atoms with Crippen LogP contribution in [0.15, 0.2) is 48.5 Å². The van der Waals surface area contributed by atoms with Crippen LogP contribution in [-0.4, -0.2) is 28.9 Å². The van der Waals surface area contributed by atoms with Crippen LogP contribution in [0.4, 0.5) is 0 Å². The molecule has 0 saturated carbocycles. The van der Waals surface area contributed by atoms with Crippen molar-refractivity contribution in [1.29, 1.82) is 0 Å². The van der Waals surface area contributed by atoms with E-state index in [1.807, 2.05) is 24.3 Å². The van der Waals surface area contributed by atoms with E-state index < -0.39 is 0 Å². The first kappa shape index (κ1) is 16.5. The molecule has 1 aromatic heterocycles. The molecule has 7 heteroatoms. The van der Waals surface area contributed by atoms with Gasteiger partial charge in [-0.1, -0.05) is 24.3 Å². The van der Waals surface area contributed by atoms with E-state index in [1.54, 1.807) is 31.4 Å². The van der Waals surface area contributed by atoms with E-state index in [9.17, 15) is 9.59 Å². The zero-order chi connectivity index (χ0) is 17.6. The molecule has 2 amide bonds. The van der Waals surface area contributed by atoms with E-state index in [1.165, 1.54) is 0 Å². The fourth-order valence-corrected chi connectivity index (χ4v) is 2.40. The molecule has 0 bridgehead atoms. The highest BCUT2D eigenvalue weighted by Gasteiger charge is 2.09. The minimum Gasteiger partial charge on any atom is -0.497 e. The monoisotopic (exact) mass is 338 g/mol. The average molecular weight is 338 g/mol. The van der Waals surface area contributed by atoms with Crippen LogP contribution in [0.2, 0.25) is 0 Å². The second-order valence-electron chi connectivity index (χ2n) is 5.50. The van der Waals surface area contributed by atoms with Gasteiger partial charge in [-0.2, -0.15) is 0 Å². The summed E-state index contributed by atoms with van der Waals surface area (Å²) in [7, 11) is 1.58. The predicted molar refractivity (Wildman–Crippen MR) is 92.8 cm³/mol. The van der Waals surface area contributed by atoms with Gasteiger partial charge in [0.15, 0.2) is 0 Å². The summed E-state index contributed by atoms with van der Waals surface area (Å²) >= 11 is 0. The van der Waals surface area contributed by atoms with Crippen molar-refractivity contribution in [3.05, 3.63) is 59.9 Å². The predicted octanol–water partition coefficient (Wildman–Crippen LogP) is 1.50. The van der Waals surface area contributed by atoms with Gasteiger partial charge in [-0.25, -0.2) is 4.98 Å². The van der Waals surface area contributed by atoms with Gasteiger partial charge in [0, 0.05) is 0 Å². The van der Waals surface area contributed by atoms with Crippen molar-refractivity contribution in [2.45, 2.75) is 12.8 Å². The number of carbonyl (C=O) groups excluding carboxylic acids is 2. The van der Waals surface area contributed by atoms with Gasteiger partial charge in [0.05, 0.1) is 31.0 Å². The number of hydrogen-bond acceptors (Lipinski definition) is 4. The number of amides is 2. The van der Waals surface area contributed by atoms with Gasteiger partial charge in [0.2, 0.25) is 11.8 Å². The lowest BCUT2D eigenvalue weighted by Gasteiger charge is -2.07. The Morgan fingerprint density at radius 1 is 1.00 bits per heavy atom. The molecule has 0 aliphatic carbocycles. The number of para-hydroxylation sites is 2. The molecule has 3 N–H and O–H groups in total. The van der Waals surface area contributed by atoms with Crippen LogP contribution in [0.3, 0.4) is 0 Å². The van der Waals surface area contributed by atoms with E-state index >= 15 is 0 Å². The Labute approximate surface area is 144 Å². The number of hydrogen-bond donors (Lipinski definition) is 3. The number of fused-ring (bicyclic) bond motifs is 1. The van der Waals surface area contributed by atoms with Gasteiger partial charge in [-0.3, -0.25) is 20.4 Å². The van der Waals surface area contributed by atoms with E-state index in [0.717, 1.165) is 22.3 Å². The number of rotatable bonds is 5. The Morgan fingerprint density at radius 3 is 2.36 bits per heavy atom. The maximum Gasteiger partial charge on any atom is 0.245 e. The second kappa shape index (κ2) is 7.48. The van der Waals surface area contributed by atoms with Crippen molar-refractivity contribution < 1.29 is 14.3 Å². The van der Waals surface area contributed by atoms with E-state index in [-0.39, 0.29) is 24.7 Å². The second-order valence-corrected chi connectivity index (χ2v) is 5.50. The van der Waals surface area contributed by atoms with Gasteiger partial charge in [-0.05, 0) is 29.8 Å². The van der Waals surface area contributed by atoms with Crippen molar-refractivity contribution in [3.63, 3.8) is 0 Å². The van der Waals surface area contributed by atoms with Crippen LogP contribution >= 0.6 is 0 Å². The molecule has 3 rings (SSSR count). The number of hydrazine groups is 1. The molecule has 0 atom stereocenters. The lowest BCUT2D eigenvalue weighted by atomic mass is 10.1. The van der Waals surface area contributed by atoms with Crippen molar-refractivity contribution >= 4 is 22.8 Å². The van der Waals surface area contributed by atoms with Crippen molar-refractivity contribution in [2.75, 3.05) is 7.11 Å². The average Bonchev–Trinajstić information content (AvgIpc) is 3.03. The molecular weight excluding hydrogens is 320 g/mol. The van der Waals surface area contributed by atoms with Gasteiger partial charge in [0.1, 0.15) is 11.6 Å². The third kappa shape index (κ3) is 4.35. The molecule has 0 aliphatic heterocycles. The minimum atomic E-state index is -0.345. The Kier molecular flexibility index (Phi) is 4.94. The maximum atomic E-state index is 11.9. The molecular formula is C18H18N4O3. The summed E-state index contributed by atoms with van der Waals surface area (Å²) in [5.74, 6) is 0.622. The number of ether oxygens (including phenoxy) is 1. The summed E-state index contributed by atoms with van der Waals surface area (Å²) in [6.07, 6.45) is 0.215. The smallest absolute Gasteiger partial charge is 0.245 e. The standard InChI is InChI=1S/C18H18N4O3/c1-25-13-8-6-12(7-9-13)10-17(23)21-22-18(24)11-16-19-14-4-2-3-5-15(14)20-16/h2-9H,10-11H2,1H3,(H,19,20)(H,21,23)(H,22,24). The summed E-state index contributed by atoms with van der Waals surface area (Å²) in [4.78, 5) is 31.2. The number of nitrogens with zero attached hydrogens (tertiary/aromatic N) is 1. The first-order chi connectivity index (χ1) is 12.1. The normalized spacial score (nSPS) is 10.4. The maximum absolute atomic E-state index is 11.9. The van der Waals surface area contributed by atoms with Crippen molar-refractivity contribution in [1.82, 2.24) is 20.8 Å². The number of benzene rings is 2. The van der Waals surface area contributed by atoms with Crippen molar-refractivity contribution in [2.24, 2.45) is 0 Å². The number of carbonyl (C=O) groups is 2. The van der Waals surface area contributed by atoms with E-state index in [0.29, 0.717) is 5.82 Å². The molecule has 128 valence electrons. The summed E-state index contributed by atoms with van der Waals surface area (Å²) in [5, 5.41) is 0. The lowest BCUT2D eigenvalue weighted by Crippen LogP contribution is -2.43. The molecule has 1 heterocycles. The fraction of sp³-hybridized carbons (Fsp3) is 0.167. The zero-order valence-electron chi connectivity index (χ0n) is 13.7. The van der Waals surface area contributed by atoms with Gasteiger partial charge < -0.3 is 9.72 Å². The third-order valence-electron chi connectivity index (χ3n) is 3.63. The van der Waals surface area contributed by atoms with E-state index in [2.05, 4.69) is 20.8 Å². The molecule has 25 heavy (non-hydrogen) atoms. The zero-order valence-corrected chi connectivity index (χ0v) is 13.7. The minimum absolute atomic E-state index is 0.0531. The van der Waals surface area contributed by atoms with Gasteiger partial charge >= 0.3 is 0 Å². The number of aromatic nitrogens is 2. The number of aromatic amines is 1. The van der Waals surface area contributed by atoms with Crippen LogP contribution in [0.25, 0.3) is 11.0 Å². The first-order valence-corrected chi connectivity index (χ1v) is 7.78. The molecule has 2 aromatic carbocycles. The Morgan fingerprint density at radius 2 is 1.68 bits per heavy atom. The summed E-state index contributed by atoms with van der Waals surface area (Å²) < 4.78 is 5.07. The summed E-state index contributed by atoms with van der Waals surface area (Å²) in [6, 6.07) is 14.7. The number of nitrogens with one attached hydrogen (secondary N) is 3. The van der Waals surface area contributed by atoms with Crippen molar-refractivity contribution in [3.8, 4) is 5.75 Å². The highest BCUT2D eigenvalue weighted by Crippen LogP contribution is 2.12. The molecule has 0 spiro atoms. The fourth-order valence-electron chi connectivity index (χ4n) is 2.40. The Hall–Kier alpha value is -3.35. The molecule has 0 radical (unpaired) electrons. The number of methoxy groups -OCH3 is 1. The molecule has 3 aromatic rings. The van der Waals surface area contributed by atoms with Crippen LogP contribution in [0.5, 0.6) is 5.75 Å². The molecule has 0 fully saturated rings. The molecule has 0 unspecified atom stereocenters. The SMILES string of the molecule is COc1ccc(CC(=O)NNC(=O)Cc2nc3ccccc3[nH]2)cc1. The van der Waals surface area contributed by atoms with Crippen LogP contribution < -0.4 is 15.6 Å². The largest absolute Gasteiger partial charge is 0.497 e. The summed E-state index contributed by atoms with van der Waals surface area (Å²) in [6.45, 7) is 0. The van der Waals surface area contributed by atoms with Crippen LogP contribution in [-0.2, 0) is 22.4 Å². The summed E-state index contributed by atoms with van der Waals surface area (Å²) in [5.41, 5.74) is 7.29. The van der Waals surface area contributed by atoms with Gasteiger partial charge in [0.25, 0.3) is 0 Å².